The first-order valence-corrected chi connectivity index (χ1v) is 6.62. The first-order chi connectivity index (χ1) is 7.56. The minimum absolute atomic E-state index is 0.155. The molecule has 0 amide bonds. The molecule has 0 aromatic carbocycles. The van der Waals surface area contributed by atoms with E-state index in [0.717, 1.165) is 37.0 Å². The monoisotopic (exact) mass is 238 g/mol. The summed E-state index contributed by atoms with van der Waals surface area (Å²) in [5.41, 5.74) is -0.155. The van der Waals surface area contributed by atoms with Gasteiger partial charge in [-0.2, -0.15) is 0 Å². The Labute approximate surface area is 102 Å². The maximum absolute atomic E-state index is 11.6. The Morgan fingerprint density at radius 2 is 1.56 bits per heavy atom. The van der Waals surface area contributed by atoms with Crippen molar-refractivity contribution < 1.29 is 9.53 Å². The number of hydrogen-bond acceptors (Lipinski definition) is 3. The van der Waals surface area contributed by atoms with Crippen LogP contribution in [0, 0.1) is 17.8 Å². The molecule has 4 aliphatic rings. The van der Waals surface area contributed by atoms with Crippen LogP contribution in [0.25, 0.3) is 0 Å². The summed E-state index contributed by atoms with van der Waals surface area (Å²) in [4.78, 5) is 11.9. The van der Waals surface area contributed by atoms with Gasteiger partial charge in [0.2, 0.25) is 0 Å². The van der Waals surface area contributed by atoms with Gasteiger partial charge in [0, 0.05) is 0 Å². The van der Waals surface area contributed by atoms with E-state index in [1.165, 1.54) is 19.3 Å². The molecule has 4 rings (SSSR count). The van der Waals surface area contributed by atoms with Crippen molar-refractivity contribution in [3.63, 3.8) is 0 Å². The number of carbonyl (C=O) groups excluding carboxylic acids is 1. The molecule has 3 heteroatoms. The molecule has 0 atom stereocenters. The molecule has 4 saturated carbocycles. The standard InChI is InChI=1S/C13H18O2S/c1-8(16)12(14)15-13-5-9-2-10(6-13)4-11(3-9)7-13/h9-11,16H,1-7H2. The highest BCUT2D eigenvalue weighted by Gasteiger charge is 2.53. The van der Waals surface area contributed by atoms with Crippen molar-refractivity contribution in [2.45, 2.75) is 44.1 Å². The Morgan fingerprint density at radius 1 is 1.12 bits per heavy atom. The predicted octanol–water partition coefficient (Wildman–Crippen LogP) is 2.94. The Bertz CT molecular complexity index is 313. The molecule has 0 aliphatic heterocycles. The van der Waals surface area contributed by atoms with Gasteiger partial charge >= 0.3 is 5.97 Å². The van der Waals surface area contributed by atoms with Gasteiger partial charge in [-0.1, -0.05) is 6.58 Å². The van der Waals surface area contributed by atoms with E-state index in [9.17, 15) is 4.79 Å². The van der Waals surface area contributed by atoms with Crippen LogP contribution in [0.3, 0.4) is 0 Å². The fraction of sp³-hybridized carbons (Fsp3) is 0.769. The fourth-order valence-electron chi connectivity index (χ4n) is 4.41. The van der Waals surface area contributed by atoms with Gasteiger partial charge in [0.15, 0.2) is 0 Å². The zero-order chi connectivity index (χ0) is 11.3. The second-order valence-electron chi connectivity index (χ2n) is 5.94. The normalized spacial score (nSPS) is 44.4. The molecule has 0 N–H and O–H groups in total. The summed E-state index contributed by atoms with van der Waals surface area (Å²) in [6.07, 6.45) is 7.30. The number of rotatable bonds is 2. The van der Waals surface area contributed by atoms with E-state index in [0.29, 0.717) is 0 Å². The lowest BCUT2D eigenvalue weighted by Gasteiger charge is -2.55. The average molecular weight is 238 g/mol. The second kappa shape index (κ2) is 3.52. The van der Waals surface area contributed by atoms with Gasteiger partial charge in [-0.25, -0.2) is 4.79 Å². The van der Waals surface area contributed by atoms with E-state index in [2.05, 4.69) is 19.2 Å². The van der Waals surface area contributed by atoms with E-state index in [-0.39, 0.29) is 16.5 Å². The van der Waals surface area contributed by atoms with Crippen molar-refractivity contribution >= 4 is 18.6 Å². The maximum Gasteiger partial charge on any atom is 0.344 e. The van der Waals surface area contributed by atoms with Gasteiger partial charge < -0.3 is 4.74 Å². The van der Waals surface area contributed by atoms with Crippen molar-refractivity contribution in [2.24, 2.45) is 17.8 Å². The third-order valence-corrected chi connectivity index (χ3v) is 4.71. The van der Waals surface area contributed by atoms with Crippen molar-refractivity contribution in [1.29, 1.82) is 0 Å². The third-order valence-electron chi connectivity index (χ3n) is 4.53. The van der Waals surface area contributed by atoms with Gasteiger partial charge in [-0.3, -0.25) is 0 Å². The molecule has 16 heavy (non-hydrogen) atoms. The summed E-state index contributed by atoms with van der Waals surface area (Å²) in [5, 5.41) is 0. The van der Waals surface area contributed by atoms with Gasteiger partial charge in [-0.05, 0) is 56.3 Å². The van der Waals surface area contributed by atoms with Gasteiger partial charge in [0.25, 0.3) is 0 Å². The molecule has 0 aromatic heterocycles. The molecule has 0 aromatic rings. The van der Waals surface area contributed by atoms with Crippen LogP contribution in [0.2, 0.25) is 0 Å². The zero-order valence-electron chi connectivity index (χ0n) is 9.45. The molecule has 4 fully saturated rings. The zero-order valence-corrected chi connectivity index (χ0v) is 10.3. The average Bonchev–Trinajstić information content (AvgIpc) is 2.13. The van der Waals surface area contributed by atoms with Crippen LogP contribution >= 0.6 is 12.6 Å². The van der Waals surface area contributed by atoms with Crippen LogP contribution in [0.1, 0.15) is 38.5 Å². The summed E-state index contributed by atoms with van der Waals surface area (Å²) >= 11 is 3.97. The maximum atomic E-state index is 11.6. The summed E-state index contributed by atoms with van der Waals surface area (Å²) in [7, 11) is 0. The summed E-state index contributed by atoms with van der Waals surface area (Å²) < 4.78 is 5.70. The van der Waals surface area contributed by atoms with Gasteiger partial charge in [0.1, 0.15) is 5.60 Å². The lowest BCUT2D eigenvalue weighted by molar-refractivity contribution is -0.181. The summed E-state index contributed by atoms with van der Waals surface area (Å²) in [6, 6.07) is 0. The highest BCUT2D eigenvalue weighted by Crippen LogP contribution is 2.57. The van der Waals surface area contributed by atoms with Crippen LogP contribution in [-0.2, 0) is 9.53 Å². The first-order valence-electron chi connectivity index (χ1n) is 6.17. The lowest BCUT2D eigenvalue weighted by Crippen LogP contribution is -2.52. The highest BCUT2D eigenvalue weighted by atomic mass is 32.1. The quantitative estimate of drug-likeness (QED) is 0.455. The molecule has 4 aliphatic carbocycles. The topological polar surface area (TPSA) is 26.3 Å². The highest BCUT2D eigenvalue weighted by molar-refractivity contribution is 7.85. The molecule has 2 nitrogen and oxygen atoms in total. The van der Waals surface area contributed by atoms with Crippen molar-refractivity contribution in [2.75, 3.05) is 0 Å². The van der Waals surface area contributed by atoms with Crippen LogP contribution in [0.15, 0.2) is 11.5 Å². The Hall–Kier alpha value is -0.440. The third kappa shape index (κ3) is 1.69. The largest absolute Gasteiger partial charge is 0.455 e. The lowest BCUT2D eigenvalue weighted by atomic mass is 9.54. The van der Waals surface area contributed by atoms with Crippen molar-refractivity contribution in [1.82, 2.24) is 0 Å². The number of ether oxygens (including phenoxy) is 1. The summed E-state index contributed by atoms with van der Waals surface area (Å²) in [6.45, 7) is 3.54. The van der Waals surface area contributed by atoms with E-state index in [1.807, 2.05) is 0 Å². The van der Waals surface area contributed by atoms with Crippen LogP contribution < -0.4 is 0 Å². The Balaban J connectivity index is 1.78. The van der Waals surface area contributed by atoms with Crippen molar-refractivity contribution in [3.05, 3.63) is 11.5 Å². The first kappa shape index (κ1) is 10.7. The van der Waals surface area contributed by atoms with E-state index < -0.39 is 0 Å². The van der Waals surface area contributed by atoms with Crippen LogP contribution in [-0.4, -0.2) is 11.6 Å². The molecular weight excluding hydrogens is 220 g/mol. The van der Waals surface area contributed by atoms with Gasteiger partial charge in [-0.15, -0.1) is 12.6 Å². The van der Waals surface area contributed by atoms with Crippen molar-refractivity contribution in [3.8, 4) is 0 Å². The predicted molar refractivity (Wildman–Crippen MR) is 65.1 cm³/mol. The molecule has 4 bridgehead atoms. The second-order valence-corrected chi connectivity index (χ2v) is 6.48. The Kier molecular flexibility index (Phi) is 2.36. The smallest absolute Gasteiger partial charge is 0.344 e. The molecular formula is C13H18O2S. The Morgan fingerprint density at radius 3 is 1.94 bits per heavy atom. The molecule has 0 unspecified atom stereocenters. The molecule has 0 spiro atoms. The van der Waals surface area contributed by atoms with E-state index >= 15 is 0 Å². The SMILES string of the molecule is C=C(S)C(=O)OC12CC3CC(CC(C3)C1)C2. The fourth-order valence-corrected chi connectivity index (χ4v) is 4.46. The number of thiol groups is 1. The van der Waals surface area contributed by atoms with Crippen LogP contribution in [0.4, 0.5) is 0 Å². The molecule has 0 heterocycles. The van der Waals surface area contributed by atoms with E-state index in [4.69, 9.17) is 4.74 Å². The van der Waals surface area contributed by atoms with Gasteiger partial charge in [0.05, 0.1) is 4.91 Å². The number of carbonyl (C=O) groups is 1. The van der Waals surface area contributed by atoms with E-state index in [1.54, 1.807) is 0 Å². The minimum Gasteiger partial charge on any atom is -0.455 e. The molecule has 0 radical (unpaired) electrons. The summed E-state index contributed by atoms with van der Waals surface area (Å²) in [5.74, 6) is 2.08. The number of hydrogen-bond donors (Lipinski definition) is 1. The molecule has 88 valence electrons. The minimum atomic E-state index is -0.315. The molecule has 0 saturated heterocycles. The number of esters is 1. The van der Waals surface area contributed by atoms with Crippen LogP contribution in [0.5, 0.6) is 0 Å².